The van der Waals surface area contributed by atoms with Crippen molar-refractivity contribution < 1.29 is 4.74 Å². The summed E-state index contributed by atoms with van der Waals surface area (Å²) in [5.74, 6) is 0.766. The van der Waals surface area contributed by atoms with Crippen LogP contribution in [0.4, 0.5) is 0 Å². The van der Waals surface area contributed by atoms with Crippen LogP contribution in [0.5, 0.6) is 0 Å². The Kier molecular flexibility index (Phi) is 3.41. The molecule has 3 heteroatoms. The monoisotopic (exact) mass is 229 g/mol. The Balaban J connectivity index is 2.89. The van der Waals surface area contributed by atoms with E-state index >= 15 is 0 Å². The molecule has 1 aliphatic heterocycles. The quantitative estimate of drug-likeness (QED) is 0.785. The number of allylic oxidation sites excluding steroid dienone is 2. The summed E-state index contributed by atoms with van der Waals surface area (Å²) in [4.78, 5) is 0. The van der Waals surface area contributed by atoms with Gasteiger partial charge in [-0.1, -0.05) is 13.2 Å². The van der Waals surface area contributed by atoms with Crippen LogP contribution in [0.15, 0.2) is 35.2 Å². The summed E-state index contributed by atoms with van der Waals surface area (Å²) in [6, 6.07) is 0. The van der Waals surface area contributed by atoms with Crippen molar-refractivity contribution in [3.05, 3.63) is 35.2 Å². The maximum Gasteiger partial charge on any atom is 0.155 e. The minimum Gasteiger partial charge on any atom is -0.490 e. The summed E-state index contributed by atoms with van der Waals surface area (Å²) in [5.41, 5.74) is 0.911. The zero-order valence-electron chi connectivity index (χ0n) is 6.90. The van der Waals surface area contributed by atoms with Crippen molar-refractivity contribution in [2.75, 3.05) is 13.2 Å². The SMILES string of the molecule is C=CC1=C(C(=C)Br)OCCCN1. The van der Waals surface area contributed by atoms with E-state index in [1.165, 1.54) is 0 Å². The van der Waals surface area contributed by atoms with E-state index in [0.717, 1.165) is 35.5 Å². The molecule has 0 aliphatic carbocycles. The van der Waals surface area contributed by atoms with E-state index < -0.39 is 0 Å². The fourth-order valence-electron chi connectivity index (χ4n) is 1.02. The molecule has 0 aromatic carbocycles. The fourth-order valence-corrected chi connectivity index (χ4v) is 1.34. The van der Waals surface area contributed by atoms with Crippen LogP contribution in [0.3, 0.4) is 0 Å². The number of rotatable bonds is 2. The summed E-state index contributed by atoms with van der Waals surface area (Å²) >= 11 is 3.29. The van der Waals surface area contributed by atoms with Gasteiger partial charge in [-0.2, -0.15) is 0 Å². The maximum absolute atomic E-state index is 5.47. The summed E-state index contributed by atoms with van der Waals surface area (Å²) < 4.78 is 6.22. The van der Waals surface area contributed by atoms with Crippen molar-refractivity contribution >= 4 is 15.9 Å². The van der Waals surface area contributed by atoms with E-state index in [2.05, 4.69) is 34.4 Å². The second-order valence-corrected chi connectivity index (χ2v) is 3.44. The molecule has 12 heavy (non-hydrogen) atoms. The molecule has 0 amide bonds. The molecule has 1 aliphatic rings. The normalized spacial score (nSPS) is 17.4. The largest absolute Gasteiger partial charge is 0.490 e. The van der Waals surface area contributed by atoms with Crippen LogP contribution in [0.2, 0.25) is 0 Å². The second kappa shape index (κ2) is 4.36. The first-order valence-electron chi connectivity index (χ1n) is 3.84. The van der Waals surface area contributed by atoms with Crippen molar-refractivity contribution in [1.29, 1.82) is 0 Å². The van der Waals surface area contributed by atoms with Gasteiger partial charge in [-0.15, -0.1) is 0 Å². The second-order valence-electron chi connectivity index (χ2n) is 2.48. The molecule has 1 rings (SSSR count). The van der Waals surface area contributed by atoms with E-state index in [1.54, 1.807) is 6.08 Å². The third-order valence-electron chi connectivity index (χ3n) is 1.58. The first kappa shape index (κ1) is 9.39. The van der Waals surface area contributed by atoms with Crippen LogP contribution in [0.25, 0.3) is 0 Å². The van der Waals surface area contributed by atoms with Gasteiger partial charge in [0.05, 0.1) is 16.8 Å². The Bertz CT molecular complexity index is 233. The molecule has 0 spiro atoms. The average Bonchev–Trinajstić information content (AvgIpc) is 2.27. The van der Waals surface area contributed by atoms with Gasteiger partial charge in [0, 0.05) is 6.54 Å². The molecule has 0 saturated heterocycles. The summed E-state index contributed by atoms with van der Waals surface area (Å²) in [7, 11) is 0. The fraction of sp³-hybridized carbons (Fsp3) is 0.333. The number of hydrogen-bond acceptors (Lipinski definition) is 2. The van der Waals surface area contributed by atoms with Crippen molar-refractivity contribution in [2.24, 2.45) is 0 Å². The van der Waals surface area contributed by atoms with Crippen LogP contribution in [0.1, 0.15) is 6.42 Å². The molecule has 0 unspecified atom stereocenters. The molecule has 0 fully saturated rings. The van der Waals surface area contributed by atoms with Gasteiger partial charge in [-0.3, -0.25) is 0 Å². The smallest absolute Gasteiger partial charge is 0.155 e. The van der Waals surface area contributed by atoms with Crippen molar-refractivity contribution in [2.45, 2.75) is 6.42 Å². The molecule has 0 radical (unpaired) electrons. The highest BCUT2D eigenvalue weighted by Crippen LogP contribution is 2.21. The van der Waals surface area contributed by atoms with E-state index in [0.29, 0.717) is 0 Å². The number of nitrogens with one attached hydrogen (secondary N) is 1. The Morgan fingerprint density at radius 3 is 3.00 bits per heavy atom. The molecule has 0 aromatic rings. The lowest BCUT2D eigenvalue weighted by atomic mass is 10.3. The maximum atomic E-state index is 5.47. The van der Waals surface area contributed by atoms with Gasteiger partial charge >= 0.3 is 0 Å². The molecule has 1 heterocycles. The number of halogens is 1. The van der Waals surface area contributed by atoms with Crippen molar-refractivity contribution in [3.8, 4) is 0 Å². The van der Waals surface area contributed by atoms with Crippen LogP contribution in [-0.2, 0) is 4.74 Å². The third-order valence-corrected chi connectivity index (χ3v) is 1.94. The third kappa shape index (κ3) is 2.14. The van der Waals surface area contributed by atoms with E-state index in [-0.39, 0.29) is 0 Å². The van der Waals surface area contributed by atoms with Gasteiger partial charge in [-0.05, 0) is 28.4 Å². The first-order chi connectivity index (χ1) is 5.75. The molecule has 0 saturated carbocycles. The minimum absolute atomic E-state index is 0.726. The molecule has 2 nitrogen and oxygen atoms in total. The lowest BCUT2D eigenvalue weighted by Gasteiger charge is -2.08. The van der Waals surface area contributed by atoms with Crippen LogP contribution in [-0.4, -0.2) is 13.2 Å². The molecular weight excluding hydrogens is 218 g/mol. The van der Waals surface area contributed by atoms with E-state index in [9.17, 15) is 0 Å². The molecular formula is C9H12BrNO. The van der Waals surface area contributed by atoms with Crippen LogP contribution in [0, 0.1) is 0 Å². The Morgan fingerprint density at radius 1 is 1.67 bits per heavy atom. The zero-order valence-corrected chi connectivity index (χ0v) is 8.49. The minimum atomic E-state index is 0.726. The molecule has 0 bridgehead atoms. The standard InChI is InChI=1S/C9H12BrNO/c1-3-8-9(7(2)10)12-6-4-5-11-8/h3,11H,1-2,4-6H2. The predicted molar refractivity (Wildman–Crippen MR) is 53.9 cm³/mol. The highest BCUT2D eigenvalue weighted by molar-refractivity contribution is 9.11. The van der Waals surface area contributed by atoms with Crippen LogP contribution < -0.4 is 5.32 Å². The highest BCUT2D eigenvalue weighted by Gasteiger charge is 2.10. The van der Waals surface area contributed by atoms with Gasteiger partial charge in [0.15, 0.2) is 5.76 Å². The van der Waals surface area contributed by atoms with Crippen molar-refractivity contribution in [3.63, 3.8) is 0 Å². The van der Waals surface area contributed by atoms with E-state index in [1.807, 2.05) is 0 Å². The number of hydrogen-bond donors (Lipinski definition) is 1. The topological polar surface area (TPSA) is 21.3 Å². The summed E-state index contributed by atoms with van der Waals surface area (Å²) in [6.07, 6.45) is 2.74. The Labute approximate surface area is 81.1 Å². The number of ether oxygens (including phenoxy) is 1. The van der Waals surface area contributed by atoms with E-state index in [4.69, 9.17) is 4.74 Å². The van der Waals surface area contributed by atoms with Gasteiger partial charge in [0.25, 0.3) is 0 Å². The lowest BCUT2D eigenvalue weighted by molar-refractivity contribution is 0.226. The highest BCUT2D eigenvalue weighted by atomic mass is 79.9. The van der Waals surface area contributed by atoms with Crippen LogP contribution >= 0.6 is 15.9 Å². The molecule has 66 valence electrons. The molecule has 1 N–H and O–H groups in total. The van der Waals surface area contributed by atoms with Gasteiger partial charge in [-0.25, -0.2) is 0 Å². The average molecular weight is 230 g/mol. The molecule has 0 atom stereocenters. The van der Waals surface area contributed by atoms with Crippen molar-refractivity contribution in [1.82, 2.24) is 5.32 Å². The predicted octanol–water partition coefficient (Wildman–Crippen LogP) is 2.30. The zero-order chi connectivity index (χ0) is 8.97. The molecule has 0 aromatic heterocycles. The van der Waals surface area contributed by atoms with Gasteiger partial charge < -0.3 is 10.1 Å². The van der Waals surface area contributed by atoms with Gasteiger partial charge in [0.2, 0.25) is 0 Å². The lowest BCUT2D eigenvalue weighted by Crippen LogP contribution is -2.12. The Hall–Kier alpha value is -0.700. The van der Waals surface area contributed by atoms with Gasteiger partial charge in [0.1, 0.15) is 0 Å². The Morgan fingerprint density at radius 2 is 2.42 bits per heavy atom. The summed E-state index contributed by atoms with van der Waals surface area (Å²) in [5, 5.41) is 3.21. The first-order valence-corrected chi connectivity index (χ1v) is 4.63. The summed E-state index contributed by atoms with van der Waals surface area (Å²) in [6.45, 7) is 9.11.